The zero-order valence-electron chi connectivity index (χ0n) is 9.69. The number of anilines is 2. The molecular weight excluding hydrogens is 212 g/mol. The monoisotopic (exact) mass is 228 g/mol. The second kappa shape index (κ2) is 4.13. The quantitative estimate of drug-likeness (QED) is 0.829. The molecule has 17 heavy (non-hydrogen) atoms. The number of rotatable bonds is 2. The number of aromatic nitrogens is 2. The summed E-state index contributed by atoms with van der Waals surface area (Å²) in [5.74, 6) is 0. The summed E-state index contributed by atoms with van der Waals surface area (Å²) in [6.45, 7) is 2.26. The predicted octanol–water partition coefficient (Wildman–Crippen LogP) is 2.26. The van der Waals surface area contributed by atoms with Gasteiger partial charge in [-0.3, -0.25) is 5.10 Å². The molecule has 3 N–H and O–H groups in total. The van der Waals surface area contributed by atoms with Crippen LogP contribution in [0.1, 0.15) is 12.8 Å². The van der Waals surface area contributed by atoms with Gasteiger partial charge in [-0.2, -0.15) is 5.10 Å². The third kappa shape index (κ3) is 1.75. The van der Waals surface area contributed by atoms with Crippen LogP contribution in [0, 0.1) is 0 Å². The number of nitrogen functional groups attached to an aromatic ring is 1. The Bertz CT molecular complexity index is 512. The first-order chi connectivity index (χ1) is 8.36. The number of hydrogen-bond donors (Lipinski definition) is 2. The topological polar surface area (TPSA) is 57.9 Å². The second-order valence-electron chi connectivity index (χ2n) is 4.41. The summed E-state index contributed by atoms with van der Waals surface area (Å²) >= 11 is 0. The van der Waals surface area contributed by atoms with Gasteiger partial charge in [-0.05, 0) is 18.9 Å². The normalized spacial score (nSPS) is 15.4. The Kier molecular flexibility index (Phi) is 2.48. The molecule has 0 unspecified atom stereocenters. The van der Waals surface area contributed by atoms with Gasteiger partial charge in [0.2, 0.25) is 0 Å². The van der Waals surface area contributed by atoms with Crippen molar-refractivity contribution in [3.63, 3.8) is 0 Å². The second-order valence-corrected chi connectivity index (χ2v) is 4.41. The van der Waals surface area contributed by atoms with Crippen molar-refractivity contribution in [2.75, 3.05) is 23.7 Å². The molecule has 0 atom stereocenters. The molecule has 1 fully saturated rings. The van der Waals surface area contributed by atoms with Crippen LogP contribution in [0.2, 0.25) is 0 Å². The molecule has 0 amide bonds. The summed E-state index contributed by atoms with van der Waals surface area (Å²) in [5, 5.41) is 6.98. The average molecular weight is 228 g/mol. The van der Waals surface area contributed by atoms with Gasteiger partial charge in [0, 0.05) is 24.3 Å². The first-order valence-electron chi connectivity index (χ1n) is 5.99. The number of hydrogen-bond acceptors (Lipinski definition) is 3. The van der Waals surface area contributed by atoms with Gasteiger partial charge in [0.05, 0.1) is 17.6 Å². The molecule has 0 aliphatic carbocycles. The fraction of sp³-hybridized carbons (Fsp3) is 0.308. The summed E-state index contributed by atoms with van der Waals surface area (Å²) in [6.07, 6.45) is 4.20. The molecule has 4 heteroatoms. The van der Waals surface area contributed by atoms with Crippen molar-refractivity contribution < 1.29 is 0 Å². The van der Waals surface area contributed by atoms with Crippen LogP contribution in [0.15, 0.2) is 30.5 Å². The molecule has 2 heterocycles. The number of benzene rings is 1. The van der Waals surface area contributed by atoms with E-state index >= 15 is 0 Å². The molecule has 0 saturated carbocycles. The van der Waals surface area contributed by atoms with Crippen molar-refractivity contribution in [3.8, 4) is 11.3 Å². The number of nitrogens with zero attached hydrogens (tertiary/aromatic N) is 2. The number of nitrogens with one attached hydrogen (secondary N) is 1. The molecule has 0 bridgehead atoms. The van der Waals surface area contributed by atoms with Gasteiger partial charge in [0.25, 0.3) is 0 Å². The fourth-order valence-electron chi connectivity index (χ4n) is 2.43. The van der Waals surface area contributed by atoms with Crippen LogP contribution in [-0.4, -0.2) is 23.3 Å². The number of nitrogens with two attached hydrogens (primary N) is 1. The van der Waals surface area contributed by atoms with Crippen molar-refractivity contribution >= 4 is 11.4 Å². The van der Waals surface area contributed by atoms with Crippen LogP contribution < -0.4 is 10.6 Å². The van der Waals surface area contributed by atoms with Crippen LogP contribution >= 0.6 is 0 Å². The minimum atomic E-state index is 0.705. The number of aromatic amines is 1. The van der Waals surface area contributed by atoms with E-state index in [9.17, 15) is 0 Å². The number of para-hydroxylation sites is 1. The maximum Gasteiger partial charge on any atom is 0.0900 e. The summed E-state index contributed by atoms with van der Waals surface area (Å²) < 4.78 is 0. The molecular formula is C13H16N4. The van der Waals surface area contributed by atoms with Crippen molar-refractivity contribution in [1.82, 2.24) is 10.2 Å². The SMILES string of the molecule is Nc1cn[nH]c1-c1ccccc1N1CCCC1. The van der Waals surface area contributed by atoms with Crippen molar-refractivity contribution in [1.29, 1.82) is 0 Å². The van der Waals surface area contributed by atoms with Gasteiger partial charge >= 0.3 is 0 Å². The maximum atomic E-state index is 5.93. The Hall–Kier alpha value is -1.97. The van der Waals surface area contributed by atoms with Gasteiger partial charge in [0.15, 0.2) is 0 Å². The molecule has 1 aliphatic rings. The molecule has 3 rings (SSSR count). The maximum absolute atomic E-state index is 5.93. The first-order valence-corrected chi connectivity index (χ1v) is 5.99. The van der Waals surface area contributed by atoms with Crippen LogP contribution in [0.25, 0.3) is 11.3 Å². The fourth-order valence-corrected chi connectivity index (χ4v) is 2.43. The summed E-state index contributed by atoms with van der Waals surface area (Å²) in [4.78, 5) is 2.41. The molecule has 0 spiro atoms. The van der Waals surface area contributed by atoms with E-state index < -0.39 is 0 Å². The first kappa shape index (κ1) is 10.2. The average Bonchev–Trinajstić information content (AvgIpc) is 3.00. The summed E-state index contributed by atoms with van der Waals surface area (Å²) in [7, 11) is 0. The van der Waals surface area contributed by atoms with E-state index in [0.29, 0.717) is 5.69 Å². The highest BCUT2D eigenvalue weighted by Crippen LogP contribution is 2.33. The molecule has 2 aromatic rings. The Labute approximate surface area is 100 Å². The highest BCUT2D eigenvalue weighted by molar-refractivity contribution is 5.82. The largest absolute Gasteiger partial charge is 0.396 e. The van der Waals surface area contributed by atoms with E-state index in [-0.39, 0.29) is 0 Å². The van der Waals surface area contributed by atoms with E-state index in [0.717, 1.165) is 24.3 Å². The summed E-state index contributed by atoms with van der Waals surface area (Å²) in [6, 6.07) is 8.36. The van der Waals surface area contributed by atoms with E-state index in [4.69, 9.17) is 5.73 Å². The van der Waals surface area contributed by atoms with Gasteiger partial charge in [-0.25, -0.2) is 0 Å². The van der Waals surface area contributed by atoms with Gasteiger partial charge in [-0.15, -0.1) is 0 Å². The van der Waals surface area contributed by atoms with Crippen LogP contribution in [0.3, 0.4) is 0 Å². The summed E-state index contributed by atoms with van der Waals surface area (Å²) in [5.41, 5.74) is 9.95. The standard InChI is InChI=1S/C13H16N4/c14-11-9-15-16-13(11)10-5-1-2-6-12(10)17-7-3-4-8-17/h1-2,5-6,9H,3-4,7-8,14H2,(H,15,16). The van der Waals surface area contributed by atoms with Crippen molar-refractivity contribution in [2.45, 2.75) is 12.8 Å². The molecule has 1 aliphatic heterocycles. The van der Waals surface area contributed by atoms with Gasteiger partial charge in [0.1, 0.15) is 0 Å². The third-order valence-corrected chi connectivity index (χ3v) is 3.29. The van der Waals surface area contributed by atoms with Crippen LogP contribution in [0.5, 0.6) is 0 Å². The lowest BCUT2D eigenvalue weighted by Gasteiger charge is -2.20. The smallest absolute Gasteiger partial charge is 0.0900 e. The molecule has 1 aromatic carbocycles. The van der Waals surface area contributed by atoms with E-state index in [1.807, 2.05) is 6.07 Å². The zero-order valence-corrected chi connectivity index (χ0v) is 9.69. The zero-order chi connectivity index (χ0) is 11.7. The minimum absolute atomic E-state index is 0.705. The van der Waals surface area contributed by atoms with Crippen molar-refractivity contribution in [3.05, 3.63) is 30.5 Å². The lowest BCUT2D eigenvalue weighted by molar-refractivity contribution is 0.949. The molecule has 0 radical (unpaired) electrons. The number of H-pyrrole nitrogens is 1. The highest BCUT2D eigenvalue weighted by Gasteiger charge is 2.17. The molecule has 1 saturated heterocycles. The third-order valence-electron chi connectivity index (χ3n) is 3.29. The Morgan fingerprint density at radius 3 is 2.65 bits per heavy atom. The highest BCUT2D eigenvalue weighted by atomic mass is 15.2. The Morgan fingerprint density at radius 2 is 1.94 bits per heavy atom. The Morgan fingerprint density at radius 1 is 1.18 bits per heavy atom. The lowest BCUT2D eigenvalue weighted by Crippen LogP contribution is -2.18. The molecule has 1 aromatic heterocycles. The molecule has 4 nitrogen and oxygen atoms in total. The van der Waals surface area contributed by atoms with E-state index in [1.165, 1.54) is 18.5 Å². The van der Waals surface area contributed by atoms with E-state index in [1.54, 1.807) is 6.20 Å². The van der Waals surface area contributed by atoms with E-state index in [2.05, 4.69) is 33.3 Å². The van der Waals surface area contributed by atoms with Crippen LogP contribution in [-0.2, 0) is 0 Å². The predicted molar refractivity (Wildman–Crippen MR) is 69.9 cm³/mol. The molecule has 88 valence electrons. The Balaban J connectivity index is 2.07. The van der Waals surface area contributed by atoms with Crippen LogP contribution in [0.4, 0.5) is 11.4 Å². The minimum Gasteiger partial charge on any atom is -0.396 e. The van der Waals surface area contributed by atoms with Crippen molar-refractivity contribution in [2.24, 2.45) is 0 Å². The van der Waals surface area contributed by atoms with Gasteiger partial charge < -0.3 is 10.6 Å². The lowest BCUT2D eigenvalue weighted by atomic mass is 10.1. The van der Waals surface area contributed by atoms with Gasteiger partial charge in [-0.1, -0.05) is 18.2 Å².